The smallest absolute Gasteiger partial charge is 0.248 e. The van der Waals surface area contributed by atoms with Crippen molar-refractivity contribution in [3.63, 3.8) is 0 Å². The molecule has 2 unspecified atom stereocenters. The summed E-state index contributed by atoms with van der Waals surface area (Å²) in [5.41, 5.74) is 5.94. The van der Waals surface area contributed by atoms with Crippen molar-refractivity contribution in [3.8, 4) is 0 Å². The molecule has 1 aliphatic carbocycles. The number of aliphatic hydroxyl groups is 1. The van der Waals surface area contributed by atoms with Crippen molar-refractivity contribution in [1.29, 1.82) is 0 Å². The fourth-order valence-corrected chi connectivity index (χ4v) is 2.80. The largest absolute Gasteiger partial charge is 0.396 e. The van der Waals surface area contributed by atoms with Gasteiger partial charge in [-0.15, -0.1) is 0 Å². The van der Waals surface area contributed by atoms with Gasteiger partial charge in [0.05, 0.1) is 0 Å². The molecular weight excluding hydrogens is 259 g/mol. The number of halogens is 1. The summed E-state index contributed by atoms with van der Waals surface area (Å²) >= 11 is 0. The van der Waals surface area contributed by atoms with Gasteiger partial charge in [0.1, 0.15) is 5.82 Å². The van der Waals surface area contributed by atoms with Crippen LogP contribution in [-0.2, 0) is 6.54 Å². The predicted octanol–water partition coefficient (Wildman–Crippen LogP) is 1.57. The summed E-state index contributed by atoms with van der Waals surface area (Å²) in [6, 6.07) is 4.34. The van der Waals surface area contributed by atoms with Crippen LogP contribution in [0.3, 0.4) is 0 Å². The summed E-state index contributed by atoms with van der Waals surface area (Å²) in [7, 11) is 0. The van der Waals surface area contributed by atoms with E-state index in [0.29, 0.717) is 17.7 Å². The molecule has 1 aromatic rings. The third kappa shape index (κ3) is 3.55. The molecule has 0 aliphatic heterocycles. The lowest BCUT2D eigenvalue weighted by molar-refractivity contribution is 0.1000. The highest BCUT2D eigenvalue weighted by atomic mass is 19.1. The van der Waals surface area contributed by atoms with E-state index in [0.717, 1.165) is 25.7 Å². The number of carbonyl (C=O) groups excluding carboxylic acids is 1. The number of aliphatic hydroxyl groups excluding tert-OH is 1. The van der Waals surface area contributed by atoms with Crippen molar-refractivity contribution in [2.45, 2.75) is 38.3 Å². The van der Waals surface area contributed by atoms with E-state index in [2.05, 4.69) is 5.32 Å². The quantitative estimate of drug-likeness (QED) is 0.766. The first-order valence-electron chi connectivity index (χ1n) is 7.04. The van der Waals surface area contributed by atoms with Gasteiger partial charge in [0.2, 0.25) is 5.91 Å². The van der Waals surface area contributed by atoms with Crippen molar-refractivity contribution in [2.75, 3.05) is 6.61 Å². The van der Waals surface area contributed by atoms with E-state index in [1.165, 1.54) is 18.2 Å². The molecule has 0 spiro atoms. The number of hydrogen-bond acceptors (Lipinski definition) is 3. The van der Waals surface area contributed by atoms with Crippen LogP contribution in [0.4, 0.5) is 4.39 Å². The van der Waals surface area contributed by atoms with Crippen molar-refractivity contribution < 1.29 is 14.3 Å². The van der Waals surface area contributed by atoms with Gasteiger partial charge in [-0.2, -0.15) is 0 Å². The fourth-order valence-electron chi connectivity index (χ4n) is 2.80. The highest BCUT2D eigenvalue weighted by molar-refractivity contribution is 5.92. The Morgan fingerprint density at radius 2 is 2.15 bits per heavy atom. The summed E-state index contributed by atoms with van der Waals surface area (Å²) in [4.78, 5) is 11.1. The lowest BCUT2D eigenvalue weighted by atomic mass is 9.85. The minimum Gasteiger partial charge on any atom is -0.396 e. The molecule has 5 heteroatoms. The lowest BCUT2D eigenvalue weighted by Gasteiger charge is -2.31. The average Bonchev–Trinajstić information content (AvgIpc) is 2.46. The van der Waals surface area contributed by atoms with Crippen molar-refractivity contribution in [3.05, 3.63) is 35.1 Å². The van der Waals surface area contributed by atoms with Crippen LogP contribution in [0.5, 0.6) is 0 Å². The molecule has 0 aromatic heterocycles. The molecule has 2 rings (SSSR count). The molecule has 2 atom stereocenters. The van der Waals surface area contributed by atoms with Crippen LogP contribution in [-0.4, -0.2) is 23.7 Å². The highest BCUT2D eigenvalue weighted by Gasteiger charge is 2.24. The highest BCUT2D eigenvalue weighted by Crippen LogP contribution is 2.24. The third-order valence-electron chi connectivity index (χ3n) is 4.03. The first-order chi connectivity index (χ1) is 9.61. The zero-order chi connectivity index (χ0) is 14.5. The van der Waals surface area contributed by atoms with Gasteiger partial charge in [-0.05, 0) is 37.0 Å². The van der Waals surface area contributed by atoms with E-state index in [1.54, 1.807) is 0 Å². The molecule has 4 nitrogen and oxygen atoms in total. The summed E-state index contributed by atoms with van der Waals surface area (Å²) in [5.74, 6) is -0.679. The molecule has 1 amide bonds. The van der Waals surface area contributed by atoms with Gasteiger partial charge in [0.25, 0.3) is 0 Å². The molecular formula is C15H21FN2O2. The van der Waals surface area contributed by atoms with E-state index in [-0.39, 0.29) is 24.4 Å². The Kier molecular flexibility index (Phi) is 5.09. The van der Waals surface area contributed by atoms with Gasteiger partial charge >= 0.3 is 0 Å². The standard InChI is InChI=1S/C15H21FN2O2/c16-13-6-5-10(15(17)20)7-12(13)8-18-14-4-2-1-3-11(14)9-19/h5-7,11,14,18-19H,1-4,8-9H2,(H2,17,20). The Morgan fingerprint density at radius 3 is 2.85 bits per heavy atom. The Balaban J connectivity index is 2.02. The maximum atomic E-state index is 13.7. The summed E-state index contributed by atoms with van der Waals surface area (Å²) in [6.45, 7) is 0.496. The number of benzene rings is 1. The first-order valence-corrected chi connectivity index (χ1v) is 7.04. The summed E-state index contributed by atoms with van der Waals surface area (Å²) in [6.07, 6.45) is 4.24. The number of carbonyl (C=O) groups is 1. The van der Waals surface area contributed by atoms with Gasteiger partial charge in [-0.1, -0.05) is 12.8 Å². The van der Waals surface area contributed by atoms with E-state index in [1.807, 2.05) is 0 Å². The molecule has 20 heavy (non-hydrogen) atoms. The predicted molar refractivity (Wildman–Crippen MR) is 74.6 cm³/mol. The van der Waals surface area contributed by atoms with Gasteiger partial charge < -0.3 is 16.2 Å². The normalized spacial score (nSPS) is 22.7. The number of rotatable bonds is 5. The number of nitrogens with one attached hydrogen (secondary N) is 1. The molecule has 0 bridgehead atoms. The van der Waals surface area contributed by atoms with Crippen molar-refractivity contribution >= 4 is 5.91 Å². The van der Waals surface area contributed by atoms with Gasteiger partial charge in [-0.25, -0.2) is 4.39 Å². The SMILES string of the molecule is NC(=O)c1ccc(F)c(CNC2CCCCC2CO)c1. The topological polar surface area (TPSA) is 75.4 Å². The Labute approximate surface area is 118 Å². The minimum absolute atomic E-state index is 0.154. The van der Waals surface area contributed by atoms with Crippen LogP contribution in [0.2, 0.25) is 0 Å². The van der Waals surface area contributed by atoms with Gasteiger partial charge in [-0.3, -0.25) is 4.79 Å². The number of nitrogens with two attached hydrogens (primary N) is 1. The second-order valence-electron chi connectivity index (χ2n) is 5.38. The monoisotopic (exact) mass is 280 g/mol. The Bertz CT molecular complexity index is 479. The van der Waals surface area contributed by atoms with Crippen LogP contribution >= 0.6 is 0 Å². The van der Waals surface area contributed by atoms with Crippen molar-refractivity contribution in [2.24, 2.45) is 11.7 Å². The number of hydrogen-bond donors (Lipinski definition) is 3. The maximum Gasteiger partial charge on any atom is 0.248 e. The molecule has 0 radical (unpaired) electrons. The number of amides is 1. The molecule has 1 fully saturated rings. The van der Waals surface area contributed by atoms with Crippen LogP contribution in [0, 0.1) is 11.7 Å². The molecule has 1 aliphatic rings. The van der Waals surface area contributed by atoms with Crippen LogP contribution in [0.15, 0.2) is 18.2 Å². The zero-order valence-electron chi connectivity index (χ0n) is 11.4. The Morgan fingerprint density at radius 1 is 1.40 bits per heavy atom. The molecule has 1 saturated carbocycles. The number of primary amides is 1. The fraction of sp³-hybridized carbons (Fsp3) is 0.533. The second-order valence-corrected chi connectivity index (χ2v) is 5.38. The van der Waals surface area contributed by atoms with Gasteiger partial charge in [0, 0.05) is 30.3 Å². The van der Waals surface area contributed by atoms with Crippen LogP contribution in [0.25, 0.3) is 0 Å². The molecule has 4 N–H and O–H groups in total. The van der Waals surface area contributed by atoms with Gasteiger partial charge in [0.15, 0.2) is 0 Å². The minimum atomic E-state index is -0.558. The lowest BCUT2D eigenvalue weighted by Crippen LogP contribution is -2.39. The zero-order valence-corrected chi connectivity index (χ0v) is 11.4. The molecule has 110 valence electrons. The van der Waals surface area contributed by atoms with Crippen LogP contribution in [0.1, 0.15) is 41.6 Å². The average molecular weight is 280 g/mol. The maximum absolute atomic E-state index is 13.7. The van der Waals surface area contributed by atoms with E-state index >= 15 is 0 Å². The van der Waals surface area contributed by atoms with E-state index in [4.69, 9.17) is 5.73 Å². The third-order valence-corrected chi connectivity index (χ3v) is 4.03. The first kappa shape index (κ1) is 14.9. The molecule has 0 saturated heterocycles. The van der Waals surface area contributed by atoms with Crippen molar-refractivity contribution in [1.82, 2.24) is 5.32 Å². The molecule has 0 heterocycles. The Hall–Kier alpha value is -1.46. The second kappa shape index (κ2) is 6.81. The molecule has 1 aromatic carbocycles. The summed E-state index contributed by atoms with van der Waals surface area (Å²) < 4.78 is 13.7. The van der Waals surface area contributed by atoms with E-state index in [9.17, 15) is 14.3 Å². The van der Waals surface area contributed by atoms with E-state index < -0.39 is 5.91 Å². The van der Waals surface area contributed by atoms with Crippen LogP contribution < -0.4 is 11.1 Å². The summed E-state index contributed by atoms with van der Waals surface area (Å²) in [5, 5.41) is 12.6.